The maximum atomic E-state index is 12.0. The Bertz CT molecular complexity index is 1210. The Morgan fingerprint density at radius 1 is 1.39 bits per heavy atom. The minimum absolute atomic E-state index is 0.00803. The number of benzene rings is 2. The summed E-state index contributed by atoms with van der Waals surface area (Å²) >= 11 is 0. The molecule has 1 aliphatic carbocycles. The van der Waals surface area contributed by atoms with E-state index in [2.05, 4.69) is 16.2 Å². The number of aliphatic hydroxyl groups excluding tert-OH is 1. The van der Waals surface area contributed by atoms with E-state index in [0.29, 0.717) is 28.6 Å². The van der Waals surface area contributed by atoms with Crippen LogP contribution in [0.5, 0.6) is 5.75 Å². The number of aliphatic hydroxyl groups is 1. The van der Waals surface area contributed by atoms with E-state index in [9.17, 15) is 15.2 Å². The number of aromatic nitrogens is 2. The van der Waals surface area contributed by atoms with Crippen LogP contribution in [0.1, 0.15) is 49.4 Å². The third-order valence-electron chi connectivity index (χ3n) is 6.15. The quantitative estimate of drug-likeness (QED) is 0.586. The first-order valence-corrected chi connectivity index (χ1v) is 11.0. The number of ether oxygens (including phenoxy) is 1. The molecule has 0 spiro atoms. The summed E-state index contributed by atoms with van der Waals surface area (Å²) in [5.41, 5.74) is 4.00. The molecule has 0 fully saturated rings. The number of nitrogens with zero attached hydrogens (tertiary/aromatic N) is 4. The number of rotatable bonds is 7. The Kier molecular flexibility index (Phi) is 6.43. The molecular formula is C25H26N4O4. The van der Waals surface area contributed by atoms with Gasteiger partial charge in [0.1, 0.15) is 18.4 Å². The molecule has 33 heavy (non-hydrogen) atoms. The molecule has 8 nitrogen and oxygen atoms in total. The number of hydrogen-bond acceptors (Lipinski definition) is 7. The van der Waals surface area contributed by atoms with E-state index >= 15 is 0 Å². The Labute approximate surface area is 192 Å². The fourth-order valence-corrected chi connectivity index (χ4v) is 4.13. The van der Waals surface area contributed by atoms with Gasteiger partial charge in [0.05, 0.1) is 17.7 Å². The highest BCUT2D eigenvalue weighted by atomic mass is 16.5. The standard InChI is InChI=1S/C25H26N4O4/c1-4-15(2)32-22-11-8-16(12-17(22)13-26)25-27-24(28-33-25)20-7-5-6-19-18(20)9-10-21(19)29(3)23(31)14-30/h5-8,11-12,15,21,30H,4,9-10,14H2,1-3H3. The second-order valence-electron chi connectivity index (χ2n) is 8.17. The van der Waals surface area contributed by atoms with Crippen LogP contribution in [0.25, 0.3) is 22.8 Å². The number of nitriles is 1. The third kappa shape index (κ3) is 4.32. The monoisotopic (exact) mass is 446 g/mol. The highest BCUT2D eigenvalue weighted by molar-refractivity contribution is 5.78. The summed E-state index contributed by atoms with van der Waals surface area (Å²) in [5, 5.41) is 22.9. The van der Waals surface area contributed by atoms with Crippen LogP contribution in [0.2, 0.25) is 0 Å². The minimum atomic E-state index is -0.512. The average Bonchev–Trinajstić information content (AvgIpc) is 3.50. The normalized spacial score (nSPS) is 15.5. The lowest BCUT2D eigenvalue weighted by molar-refractivity contribution is -0.135. The SMILES string of the molecule is CCC(C)Oc1ccc(-c2nc(-c3cccc4c3CCC4N(C)C(=O)CO)no2)cc1C#N. The molecule has 3 aromatic rings. The molecule has 0 aliphatic heterocycles. The molecular weight excluding hydrogens is 420 g/mol. The van der Waals surface area contributed by atoms with Crippen molar-refractivity contribution in [1.82, 2.24) is 15.0 Å². The predicted octanol–water partition coefficient (Wildman–Crippen LogP) is 3.89. The summed E-state index contributed by atoms with van der Waals surface area (Å²) in [7, 11) is 1.71. The van der Waals surface area contributed by atoms with Gasteiger partial charge in [0.2, 0.25) is 11.7 Å². The molecule has 8 heteroatoms. The van der Waals surface area contributed by atoms with Gasteiger partial charge < -0.3 is 19.3 Å². The summed E-state index contributed by atoms with van der Waals surface area (Å²) in [4.78, 5) is 18.2. The van der Waals surface area contributed by atoms with Gasteiger partial charge in [0.15, 0.2) is 0 Å². The van der Waals surface area contributed by atoms with Crippen molar-refractivity contribution >= 4 is 5.91 Å². The fraction of sp³-hybridized carbons (Fsp3) is 0.360. The molecule has 2 aromatic carbocycles. The van der Waals surface area contributed by atoms with Crippen LogP contribution in [-0.2, 0) is 11.2 Å². The zero-order valence-corrected chi connectivity index (χ0v) is 18.9. The van der Waals surface area contributed by atoms with Crippen molar-refractivity contribution in [3.05, 3.63) is 53.1 Å². The van der Waals surface area contributed by atoms with E-state index in [1.807, 2.05) is 32.0 Å². The van der Waals surface area contributed by atoms with Crippen LogP contribution in [0.3, 0.4) is 0 Å². The zero-order valence-electron chi connectivity index (χ0n) is 18.9. The lowest BCUT2D eigenvalue weighted by atomic mass is 10.0. The maximum absolute atomic E-state index is 12.0. The van der Waals surface area contributed by atoms with Crippen LogP contribution in [0.15, 0.2) is 40.9 Å². The highest BCUT2D eigenvalue weighted by Gasteiger charge is 2.31. The van der Waals surface area contributed by atoms with Gasteiger partial charge in [-0.05, 0) is 55.5 Å². The van der Waals surface area contributed by atoms with E-state index in [0.717, 1.165) is 36.0 Å². The molecule has 170 valence electrons. The maximum Gasteiger partial charge on any atom is 0.258 e. The Balaban J connectivity index is 1.64. The molecule has 0 saturated carbocycles. The molecule has 1 N–H and O–H groups in total. The van der Waals surface area contributed by atoms with Crippen LogP contribution in [0.4, 0.5) is 0 Å². The zero-order chi connectivity index (χ0) is 23.5. The largest absolute Gasteiger partial charge is 0.489 e. The van der Waals surface area contributed by atoms with Crippen molar-refractivity contribution in [3.8, 4) is 34.7 Å². The molecule has 1 amide bonds. The van der Waals surface area contributed by atoms with Crippen LogP contribution >= 0.6 is 0 Å². The summed E-state index contributed by atoms with van der Waals surface area (Å²) in [6.45, 7) is 3.47. The van der Waals surface area contributed by atoms with Gasteiger partial charge in [0, 0.05) is 18.2 Å². The van der Waals surface area contributed by atoms with E-state index in [1.165, 1.54) is 0 Å². The van der Waals surface area contributed by atoms with E-state index < -0.39 is 6.61 Å². The van der Waals surface area contributed by atoms with Gasteiger partial charge in [-0.1, -0.05) is 30.3 Å². The predicted molar refractivity (Wildman–Crippen MR) is 121 cm³/mol. The number of fused-ring (bicyclic) bond motifs is 1. The Morgan fingerprint density at radius 3 is 2.94 bits per heavy atom. The first kappa shape index (κ1) is 22.5. The summed E-state index contributed by atoms with van der Waals surface area (Å²) in [6, 6.07) is 13.2. The summed E-state index contributed by atoms with van der Waals surface area (Å²) in [6.07, 6.45) is 2.38. The summed E-state index contributed by atoms with van der Waals surface area (Å²) in [5.74, 6) is 0.992. The Morgan fingerprint density at radius 2 is 2.21 bits per heavy atom. The van der Waals surface area contributed by atoms with Crippen molar-refractivity contribution in [3.63, 3.8) is 0 Å². The highest BCUT2D eigenvalue weighted by Crippen LogP contribution is 2.40. The molecule has 1 aromatic heterocycles. The molecule has 1 aliphatic rings. The lowest BCUT2D eigenvalue weighted by Gasteiger charge is -2.24. The second-order valence-corrected chi connectivity index (χ2v) is 8.17. The van der Waals surface area contributed by atoms with Crippen LogP contribution in [-0.4, -0.2) is 45.8 Å². The van der Waals surface area contributed by atoms with E-state index in [4.69, 9.17) is 9.26 Å². The van der Waals surface area contributed by atoms with Gasteiger partial charge in [-0.15, -0.1) is 0 Å². The van der Waals surface area contributed by atoms with Crippen molar-refractivity contribution in [2.45, 2.75) is 45.3 Å². The number of hydrogen-bond donors (Lipinski definition) is 1. The fourth-order valence-electron chi connectivity index (χ4n) is 4.13. The van der Waals surface area contributed by atoms with Crippen molar-refractivity contribution in [2.75, 3.05) is 13.7 Å². The topological polar surface area (TPSA) is 112 Å². The van der Waals surface area contributed by atoms with Crippen molar-refractivity contribution in [1.29, 1.82) is 5.26 Å². The van der Waals surface area contributed by atoms with Gasteiger partial charge in [-0.3, -0.25) is 4.79 Å². The Hall–Kier alpha value is -3.70. The molecule has 2 atom stereocenters. The second kappa shape index (κ2) is 9.43. The van der Waals surface area contributed by atoms with Gasteiger partial charge in [0.25, 0.3) is 5.89 Å². The van der Waals surface area contributed by atoms with Crippen molar-refractivity contribution < 1.29 is 19.2 Å². The van der Waals surface area contributed by atoms with Gasteiger partial charge >= 0.3 is 0 Å². The molecule has 1 heterocycles. The molecule has 0 saturated heterocycles. The minimum Gasteiger partial charge on any atom is -0.489 e. The third-order valence-corrected chi connectivity index (χ3v) is 6.15. The van der Waals surface area contributed by atoms with Crippen molar-refractivity contribution in [2.24, 2.45) is 0 Å². The smallest absolute Gasteiger partial charge is 0.258 e. The van der Waals surface area contributed by atoms with Gasteiger partial charge in [-0.25, -0.2) is 0 Å². The molecule has 0 bridgehead atoms. The first-order chi connectivity index (χ1) is 16.0. The molecule has 4 rings (SSSR count). The van der Waals surface area contributed by atoms with Crippen LogP contribution < -0.4 is 4.74 Å². The average molecular weight is 447 g/mol. The first-order valence-electron chi connectivity index (χ1n) is 11.0. The lowest BCUT2D eigenvalue weighted by Crippen LogP contribution is -2.32. The summed E-state index contributed by atoms with van der Waals surface area (Å²) < 4.78 is 11.4. The number of carbonyl (C=O) groups excluding carboxylic acids is 1. The number of amides is 1. The molecule has 0 radical (unpaired) electrons. The molecule has 2 unspecified atom stereocenters. The van der Waals surface area contributed by atoms with Gasteiger partial charge in [-0.2, -0.15) is 10.2 Å². The number of likely N-dealkylation sites (N-methyl/N-ethyl adjacent to an activating group) is 1. The van der Waals surface area contributed by atoms with Crippen LogP contribution in [0, 0.1) is 11.3 Å². The van der Waals surface area contributed by atoms with E-state index in [-0.39, 0.29) is 18.1 Å². The number of carbonyl (C=O) groups is 1. The van der Waals surface area contributed by atoms with E-state index in [1.54, 1.807) is 30.1 Å².